The van der Waals surface area contributed by atoms with Gasteiger partial charge in [-0.15, -0.1) is 23.5 Å². The van der Waals surface area contributed by atoms with E-state index in [4.69, 9.17) is 10.5 Å². The number of hydrogen-bond acceptors (Lipinski definition) is 10. The first kappa shape index (κ1) is 21.3. The Morgan fingerprint density at radius 2 is 1.17 bits per heavy atom. The van der Waals surface area contributed by atoms with E-state index in [0.717, 1.165) is 23.0 Å². The third-order valence-corrected chi connectivity index (χ3v) is 12.4. The molecule has 0 fully saturated rings. The highest BCUT2D eigenvalue weighted by atomic mass is 32.3. The van der Waals surface area contributed by atoms with Gasteiger partial charge in [0, 0.05) is 45.7 Å². The molecule has 24 heavy (non-hydrogen) atoms. The molecule has 10 heteroatoms. The average Bonchev–Trinajstić information content (AvgIpc) is 3.19. The molecule has 0 atom stereocenters. The molecule has 0 aromatic heterocycles. The zero-order valence-electron chi connectivity index (χ0n) is 12.5. The first-order chi connectivity index (χ1) is 11.7. The van der Waals surface area contributed by atoms with Gasteiger partial charge in [-0.3, -0.25) is 0 Å². The van der Waals surface area contributed by atoms with Crippen molar-refractivity contribution in [2.45, 2.75) is 12.8 Å². The van der Waals surface area contributed by atoms with E-state index < -0.39 is 0 Å². The summed E-state index contributed by atoms with van der Waals surface area (Å²) in [4.78, 5) is 2.60. The molecule has 2 rings (SSSR count). The summed E-state index contributed by atoms with van der Waals surface area (Å²) in [6.45, 7) is 0. The van der Waals surface area contributed by atoms with E-state index in [1.165, 1.54) is 26.8 Å². The van der Waals surface area contributed by atoms with Crippen LogP contribution in [-0.2, 0) is 0 Å². The van der Waals surface area contributed by atoms with Crippen molar-refractivity contribution < 1.29 is 0 Å². The summed E-state index contributed by atoms with van der Waals surface area (Å²) in [7, 11) is 0. The number of nitrogens with zero attached hydrogens (tertiary/aromatic N) is 2. The first-order valence-electron chi connectivity index (χ1n) is 6.86. The minimum atomic E-state index is 0.556. The maximum atomic E-state index is 8.75. The van der Waals surface area contributed by atoms with Gasteiger partial charge in [0.1, 0.15) is 0 Å². The molecule has 128 valence electrons. The number of thioether (sulfide) groups is 6. The van der Waals surface area contributed by atoms with E-state index in [2.05, 4.69) is 37.4 Å². The highest BCUT2D eigenvalue weighted by molar-refractivity contribution is 8.42. The summed E-state index contributed by atoms with van der Waals surface area (Å²) in [6, 6.07) is 4.40. The van der Waals surface area contributed by atoms with Gasteiger partial charge < -0.3 is 0 Å². The predicted molar refractivity (Wildman–Crippen MR) is 125 cm³/mol. The van der Waals surface area contributed by atoms with E-state index in [1.54, 1.807) is 70.6 Å². The number of nitriles is 2. The highest BCUT2D eigenvalue weighted by Gasteiger charge is 2.29. The van der Waals surface area contributed by atoms with Gasteiger partial charge >= 0.3 is 0 Å². The monoisotopic (exact) mass is 466 g/mol. The Balaban J connectivity index is 2.07. The number of rotatable bonds is 8. The second kappa shape index (κ2) is 11.7. The smallest absolute Gasteiger partial charge is 0.0717 e. The maximum Gasteiger partial charge on any atom is 0.0717 e. The number of thiol groups is 2. The molecule has 2 aliphatic rings. The Morgan fingerprint density at radius 1 is 0.750 bits per heavy atom. The molecule has 0 saturated carbocycles. The normalized spacial score (nSPS) is 17.7. The zero-order valence-corrected chi connectivity index (χ0v) is 19.2. The van der Waals surface area contributed by atoms with Gasteiger partial charge in [0.25, 0.3) is 0 Å². The minimum absolute atomic E-state index is 0.556. The fourth-order valence-corrected chi connectivity index (χ4v) is 11.0. The summed E-state index contributed by atoms with van der Waals surface area (Å²) in [5, 5.41) is 17.5. The average molecular weight is 467 g/mol. The third kappa shape index (κ3) is 6.02. The third-order valence-electron chi connectivity index (χ3n) is 2.63. The van der Waals surface area contributed by atoms with Crippen molar-refractivity contribution in [3.8, 4) is 12.1 Å². The maximum absolute atomic E-state index is 8.75. The van der Waals surface area contributed by atoms with Gasteiger partial charge in [-0.2, -0.15) is 35.8 Å². The van der Waals surface area contributed by atoms with Crippen molar-refractivity contribution in [1.82, 2.24) is 0 Å². The van der Waals surface area contributed by atoms with Crippen molar-refractivity contribution >= 4 is 95.8 Å². The molecule has 0 aromatic rings. The second-order valence-electron chi connectivity index (χ2n) is 4.23. The van der Waals surface area contributed by atoms with Crippen LogP contribution in [0.5, 0.6) is 0 Å². The molecule has 0 aromatic carbocycles. The van der Waals surface area contributed by atoms with E-state index in [9.17, 15) is 0 Å². The molecule has 2 nitrogen and oxygen atoms in total. The lowest BCUT2D eigenvalue weighted by molar-refractivity contribution is 1.24. The second-order valence-corrected chi connectivity index (χ2v) is 12.4. The summed E-state index contributed by atoms with van der Waals surface area (Å²) in [5.74, 6) is 3.13. The highest BCUT2D eigenvalue weighted by Crippen LogP contribution is 2.63. The molecule has 0 amide bonds. The Kier molecular flexibility index (Phi) is 10.3. The van der Waals surface area contributed by atoms with Crippen molar-refractivity contribution in [3.05, 3.63) is 26.8 Å². The SMILES string of the molecule is N#CCCSC1=C(SCCC#N)SC(=C2SC(CS)=C(CS)S2)S1. The van der Waals surface area contributed by atoms with Crippen LogP contribution in [0.2, 0.25) is 0 Å². The molecular formula is C14H14N2S8. The van der Waals surface area contributed by atoms with Crippen molar-refractivity contribution in [1.29, 1.82) is 10.5 Å². The molecule has 2 heterocycles. The summed E-state index contributed by atoms with van der Waals surface area (Å²) < 4.78 is 5.16. The molecule has 0 unspecified atom stereocenters. The Morgan fingerprint density at radius 3 is 1.54 bits per heavy atom. The van der Waals surface area contributed by atoms with Crippen LogP contribution in [0.4, 0.5) is 0 Å². The van der Waals surface area contributed by atoms with Crippen molar-refractivity contribution in [2.24, 2.45) is 0 Å². The van der Waals surface area contributed by atoms with Crippen molar-refractivity contribution in [3.63, 3.8) is 0 Å². The van der Waals surface area contributed by atoms with Crippen LogP contribution < -0.4 is 0 Å². The number of hydrogen-bond donors (Lipinski definition) is 2. The van der Waals surface area contributed by atoms with Crippen LogP contribution in [0, 0.1) is 22.7 Å². The fourth-order valence-electron chi connectivity index (χ4n) is 1.59. The zero-order chi connectivity index (χ0) is 17.4. The molecule has 0 aliphatic carbocycles. The van der Waals surface area contributed by atoms with Crippen LogP contribution in [0.1, 0.15) is 12.8 Å². The Labute approximate surface area is 179 Å². The van der Waals surface area contributed by atoms with Gasteiger partial charge in [-0.05, 0) is 0 Å². The van der Waals surface area contributed by atoms with Gasteiger partial charge in [-0.1, -0.05) is 47.0 Å². The van der Waals surface area contributed by atoms with Gasteiger partial charge in [0.05, 0.1) is 29.1 Å². The van der Waals surface area contributed by atoms with E-state index in [-0.39, 0.29) is 0 Å². The molecule has 2 aliphatic heterocycles. The summed E-state index contributed by atoms with van der Waals surface area (Å²) in [6.07, 6.45) is 1.11. The lowest BCUT2D eigenvalue weighted by Crippen LogP contribution is -1.80. The largest absolute Gasteiger partial charge is 0.198 e. The van der Waals surface area contributed by atoms with E-state index in [0.29, 0.717) is 12.8 Å². The van der Waals surface area contributed by atoms with E-state index >= 15 is 0 Å². The standard InChI is InChI=1S/C14H14N2S8/c15-3-1-5-19-11-12(20-6-2-4-16)24-14(23-11)13-21-9(7-17)10(8-18)22-13/h17-18H,1-2,5-8H2. The Hall–Kier alpha value is 1.000. The minimum Gasteiger partial charge on any atom is -0.198 e. The molecular weight excluding hydrogens is 453 g/mol. The van der Waals surface area contributed by atoms with Gasteiger partial charge in [-0.25, -0.2) is 0 Å². The molecule has 0 N–H and O–H groups in total. The Bertz CT molecular complexity index is 601. The molecule has 0 bridgehead atoms. The lowest BCUT2D eigenvalue weighted by Gasteiger charge is -2.02. The van der Waals surface area contributed by atoms with E-state index in [1.807, 2.05) is 0 Å². The van der Waals surface area contributed by atoms with Crippen LogP contribution in [0.15, 0.2) is 26.8 Å². The molecule has 0 radical (unpaired) electrons. The quantitative estimate of drug-likeness (QED) is 0.308. The lowest BCUT2D eigenvalue weighted by atomic mass is 10.6. The summed E-state index contributed by atoms with van der Waals surface area (Å²) in [5.41, 5.74) is 0. The van der Waals surface area contributed by atoms with Crippen molar-refractivity contribution in [2.75, 3.05) is 23.0 Å². The molecule has 0 spiro atoms. The fraction of sp³-hybridized carbons (Fsp3) is 0.429. The van der Waals surface area contributed by atoms with Gasteiger partial charge in [0.15, 0.2) is 0 Å². The molecule has 0 saturated heterocycles. The van der Waals surface area contributed by atoms with Crippen LogP contribution in [0.25, 0.3) is 0 Å². The van der Waals surface area contributed by atoms with Crippen LogP contribution >= 0.6 is 95.8 Å². The van der Waals surface area contributed by atoms with Gasteiger partial charge in [0.2, 0.25) is 0 Å². The predicted octanol–water partition coefficient (Wildman–Crippen LogP) is 6.56. The summed E-state index contributed by atoms with van der Waals surface area (Å²) >= 11 is 19.6. The first-order valence-corrected chi connectivity index (χ1v) is 13.4. The topological polar surface area (TPSA) is 47.6 Å². The van der Waals surface area contributed by atoms with Crippen LogP contribution in [0.3, 0.4) is 0 Å². The van der Waals surface area contributed by atoms with Crippen LogP contribution in [-0.4, -0.2) is 23.0 Å².